The molecule has 2 aromatic heterocycles. The number of halogens is 1. The Morgan fingerprint density at radius 1 is 0.581 bits per heavy atom. The first-order chi connectivity index (χ1) is 15.3. The van der Waals surface area contributed by atoms with Crippen LogP contribution in [0.25, 0.3) is 58.4 Å². The van der Waals surface area contributed by atoms with Gasteiger partial charge in [0.1, 0.15) is 0 Å². The van der Waals surface area contributed by atoms with Crippen LogP contribution in [0.3, 0.4) is 0 Å². The highest BCUT2D eigenvalue weighted by atomic mass is 35.5. The number of aromatic nitrogens is 1. The largest absolute Gasteiger partial charge is 0.309 e. The molecule has 31 heavy (non-hydrogen) atoms. The van der Waals surface area contributed by atoms with Crippen LogP contribution in [0, 0.1) is 0 Å². The average molecular weight is 434 g/mol. The number of benzene rings is 5. The summed E-state index contributed by atoms with van der Waals surface area (Å²) in [6.45, 7) is 0. The maximum Gasteiger partial charge on any atom is 0.0562 e. The molecule has 0 aliphatic carbocycles. The number of para-hydroxylation sites is 2. The summed E-state index contributed by atoms with van der Waals surface area (Å²) in [6, 6.07) is 34.4. The summed E-state index contributed by atoms with van der Waals surface area (Å²) in [5, 5.41) is 8.31. The van der Waals surface area contributed by atoms with Crippen molar-refractivity contribution in [2.24, 2.45) is 0 Å². The minimum absolute atomic E-state index is 0.793. The van der Waals surface area contributed by atoms with Gasteiger partial charge in [0.15, 0.2) is 0 Å². The second-order valence-electron chi connectivity index (χ2n) is 7.90. The van der Waals surface area contributed by atoms with E-state index < -0.39 is 0 Å². The highest BCUT2D eigenvalue weighted by Crippen LogP contribution is 2.46. The van der Waals surface area contributed by atoms with Crippen LogP contribution in [0.15, 0.2) is 97.1 Å². The third-order valence-electron chi connectivity index (χ3n) is 6.24. The second kappa shape index (κ2) is 6.34. The number of nitrogens with zero attached hydrogens (tertiary/aromatic N) is 1. The lowest BCUT2D eigenvalue weighted by molar-refractivity contribution is 1.18. The summed E-state index contributed by atoms with van der Waals surface area (Å²) in [6.07, 6.45) is 0. The smallest absolute Gasteiger partial charge is 0.0562 e. The monoisotopic (exact) mass is 433 g/mol. The van der Waals surface area contributed by atoms with E-state index in [4.69, 9.17) is 11.6 Å². The van der Waals surface area contributed by atoms with Gasteiger partial charge in [-0.05, 0) is 30.3 Å². The van der Waals surface area contributed by atoms with Crippen molar-refractivity contribution in [3.8, 4) is 5.69 Å². The normalized spacial score (nSPS) is 12.0. The summed E-state index contributed by atoms with van der Waals surface area (Å²) in [4.78, 5) is 0. The predicted octanol–water partition coefficient (Wildman–Crippen LogP) is 8.96. The van der Waals surface area contributed by atoms with Crippen molar-refractivity contribution in [2.45, 2.75) is 0 Å². The summed E-state index contributed by atoms with van der Waals surface area (Å²) in [5.74, 6) is 0. The molecule has 7 aromatic rings. The molecule has 0 unspecified atom stereocenters. The Morgan fingerprint density at radius 3 is 2.16 bits per heavy atom. The number of rotatable bonds is 1. The lowest BCUT2D eigenvalue weighted by Gasteiger charge is -2.09. The van der Waals surface area contributed by atoms with Crippen molar-refractivity contribution >= 4 is 75.7 Å². The summed E-state index contributed by atoms with van der Waals surface area (Å²) in [7, 11) is 0. The topological polar surface area (TPSA) is 4.93 Å². The third-order valence-corrected chi connectivity index (χ3v) is 7.76. The van der Waals surface area contributed by atoms with E-state index in [1.807, 2.05) is 11.3 Å². The molecular weight excluding hydrogens is 418 g/mol. The molecule has 0 N–H and O–H groups in total. The lowest BCUT2D eigenvalue weighted by atomic mass is 10.0. The predicted molar refractivity (Wildman–Crippen MR) is 136 cm³/mol. The average Bonchev–Trinajstić information content (AvgIpc) is 3.35. The van der Waals surface area contributed by atoms with Crippen LogP contribution in [0.5, 0.6) is 0 Å². The summed E-state index contributed by atoms with van der Waals surface area (Å²) < 4.78 is 4.95. The molecule has 0 fully saturated rings. The van der Waals surface area contributed by atoms with Gasteiger partial charge in [0.2, 0.25) is 0 Å². The van der Waals surface area contributed by atoms with Gasteiger partial charge in [-0.1, -0.05) is 78.3 Å². The van der Waals surface area contributed by atoms with Gasteiger partial charge in [-0.2, -0.15) is 0 Å². The first kappa shape index (κ1) is 17.4. The maximum absolute atomic E-state index is 6.91. The van der Waals surface area contributed by atoms with Gasteiger partial charge in [-0.3, -0.25) is 0 Å². The highest BCUT2D eigenvalue weighted by molar-refractivity contribution is 7.26. The van der Waals surface area contributed by atoms with Gasteiger partial charge in [-0.15, -0.1) is 11.3 Å². The minimum Gasteiger partial charge on any atom is -0.309 e. The van der Waals surface area contributed by atoms with Crippen molar-refractivity contribution < 1.29 is 0 Å². The molecule has 146 valence electrons. The summed E-state index contributed by atoms with van der Waals surface area (Å²) >= 11 is 8.77. The van der Waals surface area contributed by atoms with Gasteiger partial charge in [0, 0.05) is 47.4 Å². The van der Waals surface area contributed by atoms with E-state index in [0.717, 1.165) is 21.6 Å². The molecule has 7 rings (SSSR count). The molecule has 2 heterocycles. The second-order valence-corrected chi connectivity index (χ2v) is 9.36. The zero-order valence-corrected chi connectivity index (χ0v) is 18.0. The van der Waals surface area contributed by atoms with E-state index in [0.29, 0.717) is 0 Å². The standard InChI is InChI=1S/C28H16ClNS/c29-22-16-24-26(21-11-4-6-12-23(21)30(24)17-8-2-1-3-9-17)27-20(22)15-14-19-18-10-5-7-13-25(18)31-28(19)27/h1-16H. The van der Waals surface area contributed by atoms with Gasteiger partial charge < -0.3 is 4.57 Å². The number of hydrogen-bond donors (Lipinski definition) is 0. The van der Waals surface area contributed by atoms with Crippen LogP contribution in [-0.4, -0.2) is 4.57 Å². The molecule has 5 aromatic carbocycles. The highest BCUT2D eigenvalue weighted by Gasteiger charge is 2.19. The van der Waals surface area contributed by atoms with Gasteiger partial charge in [0.25, 0.3) is 0 Å². The zero-order valence-electron chi connectivity index (χ0n) is 16.5. The molecule has 0 aliphatic rings. The van der Waals surface area contributed by atoms with Crippen LogP contribution < -0.4 is 0 Å². The van der Waals surface area contributed by atoms with Gasteiger partial charge >= 0.3 is 0 Å². The number of thiophene rings is 1. The molecule has 0 spiro atoms. The van der Waals surface area contributed by atoms with Crippen molar-refractivity contribution in [3.63, 3.8) is 0 Å². The molecule has 0 radical (unpaired) electrons. The fraction of sp³-hybridized carbons (Fsp3) is 0. The quantitative estimate of drug-likeness (QED) is 0.243. The lowest BCUT2D eigenvalue weighted by Crippen LogP contribution is -1.93. The maximum atomic E-state index is 6.91. The summed E-state index contributed by atoms with van der Waals surface area (Å²) in [5.41, 5.74) is 3.49. The molecule has 0 atom stereocenters. The van der Waals surface area contributed by atoms with Crippen LogP contribution in [0.1, 0.15) is 0 Å². The first-order valence-corrected chi connectivity index (χ1v) is 11.5. The molecule has 3 heteroatoms. The van der Waals surface area contributed by atoms with Crippen molar-refractivity contribution in [1.29, 1.82) is 0 Å². The fourth-order valence-corrected chi connectivity index (χ4v) is 6.47. The minimum atomic E-state index is 0.793. The van der Waals surface area contributed by atoms with Crippen molar-refractivity contribution in [3.05, 3.63) is 102 Å². The van der Waals surface area contributed by atoms with Gasteiger partial charge in [-0.25, -0.2) is 0 Å². The van der Waals surface area contributed by atoms with Crippen LogP contribution in [0.4, 0.5) is 0 Å². The molecule has 0 saturated heterocycles. The SMILES string of the molecule is Clc1cc2c(c3ccccc3n2-c2ccccc2)c2c1ccc1c3ccccc3sc12. The number of fused-ring (bicyclic) bond motifs is 9. The van der Waals surface area contributed by atoms with Crippen LogP contribution >= 0.6 is 22.9 Å². The van der Waals surface area contributed by atoms with Crippen molar-refractivity contribution in [2.75, 3.05) is 0 Å². The van der Waals surface area contributed by atoms with E-state index in [1.165, 1.54) is 41.8 Å². The molecule has 0 aliphatic heterocycles. The zero-order chi connectivity index (χ0) is 20.5. The Labute approximate surface area is 187 Å². The van der Waals surface area contributed by atoms with E-state index in [2.05, 4.69) is 102 Å². The Balaban J connectivity index is 1.80. The number of hydrogen-bond acceptors (Lipinski definition) is 1. The fourth-order valence-electron chi connectivity index (χ4n) is 4.95. The Bertz CT molecular complexity index is 1790. The molecule has 1 nitrogen and oxygen atoms in total. The Kier molecular flexibility index (Phi) is 3.55. The van der Waals surface area contributed by atoms with E-state index in [-0.39, 0.29) is 0 Å². The Hall–Kier alpha value is -3.33. The molecule has 0 amide bonds. The van der Waals surface area contributed by atoms with Gasteiger partial charge in [0.05, 0.1) is 16.1 Å². The first-order valence-electron chi connectivity index (χ1n) is 10.3. The van der Waals surface area contributed by atoms with E-state index >= 15 is 0 Å². The van der Waals surface area contributed by atoms with Crippen LogP contribution in [0.2, 0.25) is 5.02 Å². The molecular formula is C28H16ClNS. The van der Waals surface area contributed by atoms with E-state index in [1.54, 1.807) is 0 Å². The van der Waals surface area contributed by atoms with E-state index in [9.17, 15) is 0 Å². The Morgan fingerprint density at radius 2 is 1.29 bits per heavy atom. The molecule has 0 saturated carbocycles. The van der Waals surface area contributed by atoms with Crippen molar-refractivity contribution in [1.82, 2.24) is 4.57 Å². The third kappa shape index (κ3) is 2.32. The van der Waals surface area contributed by atoms with Crippen LogP contribution in [-0.2, 0) is 0 Å². The molecule has 0 bridgehead atoms.